The molecule has 0 atom stereocenters. The number of carbonyl (C=O) groups is 1. The summed E-state index contributed by atoms with van der Waals surface area (Å²) in [5.74, 6) is 0.633. The van der Waals surface area contributed by atoms with Crippen molar-refractivity contribution in [2.75, 3.05) is 0 Å². The van der Waals surface area contributed by atoms with Gasteiger partial charge in [-0.25, -0.2) is 14.4 Å². The molecule has 1 amide bonds. The van der Waals surface area contributed by atoms with Gasteiger partial charge in [-0.3, -0.25) is 9.59 Å². The largest absolute Gasteiger partial charge is 0.347 e. The van der Waals surface area contributed by atoms with Crippen LogP contribution in [0.2, 0.25) is 0 Å². The van der Waals surface area contributed by atoms with Crippen LogP contribution in [0, 0.1) is 5.82 Å². The van der Waals surface area contributed by atoms with E-state index in [4.69, 9.17) is 4.98 Å². The van der Waals surface area contributed by atoms with Crippen LogP contribution < -0.4 is 10.9 Å². The summed E-state index contributed by atoms with van der Waals surface area (Å²) >= 11 is 0. The minimum Gasteiger partial charge on any atom is -0.347 e. The van der Waals surface area contributed by atoms with E-state index in [9.17, 15) is 14.0 Å². The van der Waals surface area contributed by atoms with E-state index < -0.39 is 5.82 Å². The third kappa shape index (κ3) is 4.11. The van der Waals surface area contributed by atoms with E-state index in [2.05, 4.69) is 10.3 Å². The van der Waals surface area contributed by atoms with Crippen LogP contribution in [0.3, 0.4) is 0 Å². The summed E-state index contributed by atoms with van der Waals surface area (Å²) in [5, 5.41) is 2.86. The van der Waals surface area contributed by atoms with Gasteiger partial charge in [-0.15, -0.1) is 0 Å². The van der Waals surface area contributed by atoms with E-state index in [0.29, 0.717) is 33.8 Å². The molecule has 0 spiro atoms. The first-order valence-corrected chi connectivity index (χ1v) is 11.5. The van der Waals surface area contributed by atoms with Crippen LogP contribution >= 0.6 is 0 Å². The number of nitrogens with one attached hydrogen (secondary N) is 1. The molecule has 174 valence electrons. The molecule has 4 aromatic rings. The Morgan fingerprint density at radius 3 is 2.68 bits per heavy atom. The molecular weight excluding hydrogens is 433 g/mol. The zero-order chi connectivity index (χ0) is 23.8. The van der Waals surface area contributed by atoms with E-state index in [1.165, 1.54) is 35.6 Å². The van der Waals surface area contributed by atoms with Gasteiger partial charge in [-0.05, 0) is 59.9 Å². The second-order valence-electron chi connectivity index (χ2n) is 8.93. The van der Waals surface area contributed by atoms with Gasteiger partial charge in [-0.1, -0.05) is 12.8 Å². The van der Waals surface area contributed by atoms with Gasteiger partial charge in [0.15, 0.2) is 5.69 Å². The van der Waals surface area contributed by atoms with Gasteiger partial charge >= 0.3 is 0 Å². The maximum Gasteiger partial charge on any atom is 0.272 e. The number of imidazole rings is 1. The smallest absolute Gasteiger partial charge is 0.272 e. The third-order valence-electron chi connectivity index (χ3n) is 6.60. The first-order valence-electron chi connectivity index (χ1n) is 11.5. The van der Waals surface area contributed by atoms with Gasteiger partial charge in [-0.2, -0.15) is 0 Å². The standard InChI is InChI=1S/C26H26FN5O2/c1-31-10-8-18(14-22(31)33)19-11-16(12-20(27)13-19)15-29-26(34)23-24-21(7-9-28-23)30-25(32(24)2)17-5-3-4-6-17/h7-14,17H,3-6,15H2,1-2H3,(H,29,34). The summed E-state index contributed by atoms with van der Waals surface area (Å²) < 4.78 is 17.8. The van der Waals surface area contributed by atoms with Crippen molar-refractivity contribution in [3.63, 3.8) is 0 Å². The highest BCUT2D eigenvalue weighted by molar-refractivity contribution is 6.03. The zero-order valence-corrected chi connectivity index (χ0v) is 19.2. The quantitative estimate of drug-likeness (QED) is 0.488. The molecule has 0 aliphatic heterocycles. The summed E-state index contributed by atoms with van der Waals surface area (Å²) in [5.41, 5.74) is 3.38. The predicted octanol–water partition coefficient (Wildman–Crippen LogP) is 4.06. The highest BCUT2D eigenvalue weighted by Gasteiger charge is 2.25. The molecule has 0 saturated heterocycles. The molecule has 5 rings (SSSR count). The summed E-state index contributed by atoms with van der Waals surface area (Å²) in [6.45, 7) is 0.125. The summed E-state index contributed by atoms with van der Waals surface area (Å²) in [4.78, 5) is 34.2. The molecule has 0 radical (unpaired) electrons. The Balaban J connectivity index is 1.40. The molecule has 3 heterocycles. The number of pyridine rings is 2. The molecule has 0 bridgehead atoms. The Morgan fingerprint density at radius 1 is 1.12 bits per heavy atom. The van der Waals surface area contributed by atoms with E-state index in [-0.39, 0.29) is 18.0 Å². The van der Waals surface area contributed by atoms with Gasteiger partial charge in [0.25, 0.3) is 11.5 Å². The van der Waals surface area contributed by atoms with Crippen molar-refractivity contribution in [2.45, 2.75) is 38.1 Å². The van der Waals surface area contributed by atoms with Gasteiger partial charge < -0.3 is 14.5 Å². The number of carbonyl (C=O) groups excluding carboxylic acids is 1. The summed E-state index contributed by atoms with van der Waals surface area (Å²) in [7, 11) is 3.59. The number of halogens is 1. The molecule has 1 N–H and O–H groups in total. The fourth-order valence-electron chi connectivity index (χ4n) is 4.81. The number of fused-ring (bicyclic) bond motifs is 1. The zero-order valence-electron chi connectivity index (χ0n) is 19.2. The normalized spacial score (nSPS) is 14.1. The van der Waals surface area contributed by atoms with Gasteiger partial charge in [0.05, 0.1) is 11.0 Å². The van der Waals surface area contributed by atoms with Crippen molar-refractivity contribution in [2.24, 2.45) is 14.1 Å². The lowest BCUT2D eigenvalue weighted by molar-refractivity contribution is 0.0947. The Kier molecular flexibility index (Phi) is 5.73. The number of aromatic nitrogens is 4. The van der Waals surface area contributed by atoms with Crippen LogP contribution in [0.15, 0.2) is 53.6 Å². The second-order valence-corrected chi connectivity index (χ2v) is 8.93. The molecule has 1 aliphatic rings. The van der Waals surface area contributed by atoms with E-state index in [0.717, 1.165) is 24.2 Å². The number of aryl methyl sites for hydroxylation is 2. The minimum atomic E-state index is -0.435. The Hall–Kier alpha value is -3.81. The highest BCUT2D eigenvalue weighted by Crippen LogP contribution is 2.35. The van der Waals surface area contributed by atoms with Crippen LogP contribution in [-0.4, -0.2) is 25.0 Å². The number of rotatable bonds is 5. The Labute approximate surface area is 196 Å². The molecule has 7 nitrogen and oxygen atoms in total. The van der Waals surface area contributed by atoms with Crippen molar-refractivity contribution >= 4 is 16.9 Å². The van der Waals surface area contributed by atoms with E-state index >= 15 is 0 Å². The molecule has 8 heteroatoms. The maximum absolute atomic E-state index is 14.3. The first kappa shape index (κ1) is 22.0. The lowest BCUT2D eigenvalue weighted by atomic mass is 10.0. The van der Waals surface area contributed by atoms with Crippen molar-refractivity contribution in [3.8, 4) is 11.1 Å². The van der Waals surface area contributed by atoms with E-state index in [1.54, 1.807) is 31.6 Å². The average Bonchev–Trinajstić information content (AvgIpc) is 3.47. The minimum absolute atomic E-state index is 0.125. The molecule has 1 fully saturated rings. The number of nitrogens with zero attached hydrogens (tertiary/aromatic N) is 4. The number of amides is 1. The number of hydrogen-bond donors (Lipinski definition) is 1. The molecule has 1 aliphatic carbocycles. The fraction of sp³-hybridized carbons (Fsp3) is 0.308. The molecular formula is C26H26FN5O2. The van der Waals surface area contributed by atoms with Crippen LogP contribution in [0.1, 0.15) is 53.5 Å². The van der Waals surface area contributed by atoms with Crippen LogP contribution in [-0.2, 0) is 20.6 Å². The van der Waals surface area contributed by atoms with Crippen molar-refractivity contribution < 1.29 is 9.18 Å². The maximum atomic E-state index is 14.3. The number of benzene rings is 1. The summed E-state index contributed by atoms with van der Waals surface area (Å²) in [6.07, 6.45) is 7.87. The molecule has 0 unspecified atom stereocenters. The third-order valence-corrected chi connectivity index (χ3v) is 6.60. The van der Waals surface area contributed by atoms with Crippen LogP contribution in [0.5, 0.6) is 0 Å². The fourth-order valence-corrected chi connectivity index (χ4v) is 4.81. The van der Waals surface area contributed by atoms with Crippen LogP contribution in [0.4, 0.5) is 4.39 Å². The van der Waals surface area contributed by atoms with Crippen molar-refractivity contribution in [1.82, 2.24) is 24.4 Å². The lowest BCUT2D eigenvalue weighted by Gasteiger charge is -2.11. The van der Waals surface area contributed by atoms with Gasteiger partial charge in [0, 0.05) is 45.0 Å². The predicted molar refractivity (Wildman–Crippen MR) is 128 cm³/mol. The first-order chi connectivity index (χ1) is 16.4. The lowest BCUT2D eigenvalue weighted by Crippen LogP contribution is -2.24. The van der Waals surface area contributed by atoms with Gasteiger partial charge in [0.1, 0.15) is 11.6 Å². The second kappa shape index (κ2) is 8.85. The summed E-state index contributed by atoms with van der Waals surface area (Å²) in [6, 6.07) is 9.57. The Morgan fingerprint density at radius 2 is 1.91 bits per heavy atom. The van der Waals surface area contributed by atoms with Crippen LogP contribution in [0.25, 0.3) is 22.2 Å². The molecule has 34 heavy (non-hydrogen) atoms. The number of hydrogen-bond acceptors (Lipinski definition) is 4. The molecule has 1 saturated carbocycles. The topological polar surface area (TPSA) is 81.8 Å². The van der Waals surface area contributed by atoms with Crippen molar-refractivity contribution in [3.05, 3.63) is 82.0 Å². The highest BCUT2D eigenvalue weighted by atomic mass is 19.1. The Bertz CT molecular complexity index is 1450. The molecule has 3 aromatic heterocycles. The molecule has 1 aromatic carbocycles. The van der Waals surface area contributed by atoms with Gasteiger partial charge in [0.2, 0.25) is 0 Å². The van der Waals surface area contributed by atoms with E-state index in [1.807, 2.05) is 17.7 Å². The average molecular weight is 460 g/mol. The van der Waals surface area contributed by atoms with Crippen molar-refractivity contribution in [1.29, 1.82) is 0 Å². The SMILES string of the molecule is Cn1ccc(-c2cc(F)cc(CNC(=O)c3nccc4nc(C5CCCC5)n(C)c34)c2)cc1=O. The monoisotopic (exact) mass is 459 g/mol.